The molecule has 2 rings (SSSR count). The number of rotatable bonds is 4. The van der Waals surface area contributed by atoms with E-state index >= 15 is 0 Å². The first-order chi connectivity index (χ1) is 8.13. The minimum Gasteiger partial charge on any atom is -0.381 e. The molecule has 0 aromatic heterocycles. The smallest absolute Gasteiger partial charge is 0.0931 e. The number of fused-ring (bicyclic) bond motifs is 1. The van der Waals surface area contributed by atoms with E-state index in [4.69, 9.17) is 5.11 Å². The van der Waals surface area contributed by atoms with Crippen LogP contribution in [0.2, 0.25) is 0 Å². The highest BCUT2D eigenvalue weighted by Gasteiger charge is 2.19. The molecule has 0 heterocycles. The van der Waals surface area contributed by atoms with Gasteiger partial charge in [-0.2, -0.15) is 0 Å². The van der Waals surface area contributed by atoms with Gasteiger partial charge in [-0.3, -0.25) is 5.32 Å². The van der Waals surface area contributed by atoms with Gasteiger partial charge in [0.05, 0.1) is 6.73 Å². The Hall–Kier alpha value is -1.38. The van der Waals surface area contributed by atoms with Crippen molar-refractivity contribution in [2.75, 3.05) is 13.3 Å². The Kier molecular flexibility index (Phi) is 3.46. The summed E-state index contributed by atoms with van der Waals surface area (Å²) in [7, 11) is 0. The molecule has 0 bridgehead atoms. The highest BCUT2D eigenvalue weighted by Crippen LogP contribution is 2.26. The lowest BCUT2D eigenvalue weighted by Crippen LogP contribution is -2.33. The van der Waals surface area contributed by atoms with Crippen molar-refractivity contribution < 1.29 is 5.11 Å². The maximum Gasteiger partial charge on any atom is 0.0931 e. The minimum atomic E-state index is 0.0206. The fourth-order valence-corrected chi connectivity index (χ4v) is 2.08. The molecule has 2 nitrogen and oxygen atoms in total. The average Bonchev–Trinajstić information content (AvgIpc) is 2.36. The average molecular weight is 229 g/mol. The summed E-state index contributed by atoms with van der Waals surface area (Å²) in [6.07, 6.45) is 0. The van der Waals surface area contributed by atoms with Crippen LogP contribution in [-0.4, -0.2) is 18.4 Å². The molecule has 0 aliphatic carbocycles. The number of benzene rings is 2. The van der Waals surface area contributed by atoms with Gasteiger partial charge in [0.1, 0.15) is 0 Å². The monoisotopic (exact) mass is 229 g/mol. The Morgan fingerprint density at radius 2 is 1.76 bits per heavy atom. The van der Waals surface area contributed by atoms with Crippen LogP contribution in [0.5, 0.6) is 0 Å². The Balaban J connectivity index is 2.35. The van der Waals surface area contributed by atoms with Gasteiger partial charge in [0, 0.05) is 12.0 Å². The molecule has 2 heteroatoms. The molecule has 0 aliphatic heterocycles. The number of aliphatic hydroxyl groups excluding tert-OH is 1. The van der Waals surface area contributed by atoms with Gasteiger partial charge in [-0.1, -0.05) is 56.3 Å². The van der Waals surface area contributed by atoms with Crippen molar-refractivity contribution in [1.29, 1.82) is 0 Å². The summed E-state index contributed by atoms with van der Waals surface area (Å²) in [4.78, 5) is 0. The van der Waals surface area contributed by atoms with E-state index in [1.54, 1.807) is 0 Å². The number of hydrogen-bond donors (Lipinski definition) is 2. The fourth-order valence-electron chi connectivity index (χ4n) is 2.08. The first-order valence-corrected chi connectivity index (χ1v) is 5.94. The van der Waals surface area contributed by atoms with Crippen molar-refractivity contribution in [3.63, 3.8) is 0 Å². The second-order valence-corrected chi connectivity index (χ2v) is 5.03. The van der Waals surface area contributed by atoms with Gasteiger partial charge in [0.25, 0.3) is 0 Å². The summed E-state index contributed by atoms with van der Waals surface area (Å²) < 4.78 is 0. The standard InChI is InChI=1S/C15H19NO/c1-15(2,10-16-11-17)14-8-7-12-5-3-4-6-13(12)9-14/h3-9,16-17H,10-11H2,1-2H3. The van der Waals surface area contributed by atoms with Crippen LogP contribution in [0.25, 0.3) is 10.8 Å². The third kappa shape index (κ3) is 2.65. The molecule has 0 spiro atoms. The molecule has 90 valence electrons. The lowest BCUT2D eigenvalue weighted by molar-refractivity contribution is 0.248. The molecule has 0 amide bonds. The molecule has 0 unspecified atom stereocenters. The van der Waals surface area contributed by atoms with E-state index in [0.29, 0.717) is 0 Å². The summed E-state index contributed by atoms with van der Waals surface area (Å²) in [5.74, 6) is 0. The molecular weight excluding hydrogens is 210 g/mol. The predicted molar refractivity (Wildman–Crippen MR) is 72.1 cm³/mol. The van der Waals surface area contributed by atoms with Gasteiger partial charge in [-0.15, -0.1) is 0 Å². The van der Waals surface area contributed by atoms with E-state index < -0.39 is 0 Å². The van der Waals surface area contributed by atoms with Crippen molar-refractivity contribution in [3.8, 4) is 0 Å². The van der Waals surface area contributed by atoms with Crippen LogP contribution in [-0.2, 0) is 5.41 Å². The number of aliphatic hydroxyl groups is 1. The van der Waals surface area contributed by atoms with Crippen molar-refractivity contribution in [1.82, 2.24) is 5.32 Å². The van der Waals surface area contributed by atoms with Crippen molar-refractivity contribution >= 4 is 10.8 Å². The molecular formula is C15H19NO. The van der Waals surface area contributed by atoms with E-state index in [1.807, 2.05) is 0 Å². The van der Waals surface area contributed by atoms with Gasteiger partial charge in [0.15, 0.2) is 0 Å². The topological polar surface area (TPSA) is 32.3 Å². The summed E-state index contributed by atoms with van der Waals surface area (Å²) >= 11 is 0. The summed E-state index contributed by atoms with van der Waals surface area (Å²) in [5, 5.41) is 14.4. The molecule has 0 radical (unpaired) electrons. The zero-order valence-electron chi connectivity index (χ0n) is 10.4. The largest absolute Gasteiger partial charge is 0.381 e. The second-order valence-electron chi connectivity index (χ2n) is 5.03. The molecule has 0 atom stereocenters. The van der Waals surface area contributed by atoms with Crippen LogP contribution in [0.1, 0.15) is 19.4 Å². The molecule has 2 aromatic carbocycles. The van der Waals surface area contributed by atoms with Gasteiger partial charge in [-0.25, -0.2) is 0 Å². The van der Waals surface area contributed by atoms with Gasteiger partial charge in [0.2, 0.25) is 0 Å². The molecule has 0 saturated carbocycles. The Bertz CT molecular complexity index is 505. The maximum atomic E-state index is 8.84. The van der Waals surface area contributed by atoms with Crippen LogP contribution >= 0.6 is 0 Å². The van der Waals surface area contributed by atoms with Gasteiger partial charge >= 0.3 is 0 Å². The quantitative estimate of drug-likeness (QED) is 0.790. The molecule has 2 aromatic rings. The van der Waals surface area contributed by atoms with Crippen molar-refractivity contribution in [3.05, 3.63) is 48.0 Å². The van der Waals surface area contributed by atoms with Crippen LogP contribution in [0, 0.1) is 0 Å². The zero-order valence-corrected chi connectivity index (χ0v) is 10.4. The molecule has 17 heavy (non-hydrogen) atoms. The third-order valence-corrected chi connectivity index (χ3v) is 3.21. The van der Waals surface area contributed by atoms with E-state index in [-0.39, 0.29) is 12.1 Å². The van der Waals surface area contributed by atoms with E-state index in [1.165, 1.54) is 16.3 Å². The summed E-state index contributed by atoms with van der Waals surface area (Å²) in [5.41, 5.74) is 1.31. The van der Waals surface area contributed by atoms with Crippen LogP contribution in [0.15, 0.2) is 42.5 Å². The van der Waals surface area contributed by atoms with Gasteiger partial charge in [-0.05, 0) is 16.3 Å². The lowest BCUT2D eigenvalue weighted by atomic mass is 9.83. The van der Waals surface area contributed by atoms with Crippen LogP contribution in [0.3, 0.4) is 0 Å². The first kappa shape index (κ1) is 12.1. The summed E-state index contributed by atoms with van der Waals surface area (Å²) in [6.45, 7) is 5.15. The Morgan fingerprint density at radius 1 is 1.06 bits per heavy atom. The molecule has 2 N–H and O–H groups in total. The second kappa shape index (κ2) is 4.86. The molecule has 0 aliphatic rings. The minimum absolute atomic E-state index is 0.0206. The van der Waals surface area contributed by atoms with E-state index in [2.05, 4.69) is 61.6 Å². The summed E-state index contributed by atoms with van der Waals surface area (Å²) in [6, 6.07) is 14.9. The normalized spacial score (nSPS) is 11.9. The van der Waals surface area contributed by atoms with E-state index in [9.17, 15) is 0 Å². The Morgan fingerprint density at radius 3 is 2.47 bits per heavy atom. The van der Waals surface area contributed by atoms with Crippen LogP contribution in [0.4, 0.5) is 0 Å². The maximum absolute atomic E-state index is 8.84. The fraction of sp³-hybridized carbons (Fsp3) is 0.333. The van der Waals surface area contributed by atoms with Crippen molar-refractivity contribution in [2.45, 2.75) is 19.3 Å². The molecule has 0 saturated heterocycles. The molecule has 0 fully saturated rings. The zero-order chi connectivity index (χ0) is 12.3. The van der Waals surface area contributed by atoms with Crippen molar-refractivity contribution in [2.24, 2.45) is 0 Å². The number of nitrogens with one attached hydrogen (secondary N) is 1. The SMILES string of the molecule is CC(C)(CNCO)c1ccc2ccccc2c1. The lowest BCUT2D eigenvalue weighted by Gasteiger charge is -2.25. The van der Waals surface area contributed by atoms with E-state index in [0.717, 1.165) is 6.54 Å². The van der Waals surface area contributed by atoms with Crippen LogP contribution < -0.4 is 5.32 Å². The first-order valence-electron chi connectivity index (χ1n) is 5.94. The van der Waals surface area contributed by atoms with Gasteiger partial charge < -0.3 is 5.11 Å². The third-order valence-electron chi connectivity index (χ3n) is 3.21. The number of hydrogen-bond acceptors (Lipinski definition) is 2. The predicted octanol–water partition coefficient (Wildman–Crippen LogP) is 2.66. The Labute approximate surface area is 102 Å². The highest BCUT2D eigenvalue weighted by atomic mass is 16.3. The highest BCUT2D eigenvalue weighted by molar-refractivity contribution is 5.83.